The number of rotatable bonds is 2. The molecule has 0 fully saturated rings. The number of anilines is 2. The Bertz CT molecular complexity index is 942. The standard InChI is InChI=1S/C16H14FN7O/c17-11-6-10-8-23(9-13(10)19-7-11)16(25)22-15-12(18)2-3-14(21-15)24-5-1-4-20-24/h1-7H,8-9,18H2,(H,21,22,25). The molecule has 0 aliphatic carbocycles. The Kier molecular flexibility index (Phi) is 3.53. The summed E-state index contributed by atoms with van der Waals surface area (Å²) >= 11 is 0. The molecule has 0 aromatic carbocycles. The van der Waals surface area contributed by atoms with Crippen LogP contribution in [0, 0.1) is 5.82 Å². The number of pyridine rings is 2. The molecule has 9 heteroatoms. The molecule has 0 saturated carbocycles. The summed E-state index contributed by atoms with van der Waals surface area (Å²) in [5, 5.41) is 6.79. The maximum absolute atomic E-state index is 13.3. The molecule has 1 aliphatic rings. The lowest BCUT2D eigenvalue weighted by Gasteiger charge is -2.17. The molecular formula is C16H14FN7O. The zero-order valence-electron chi connectivity index (χ0n) is 13.1. The number of aromatic nitrogens is 4. The first kappa shape index (κ1) is 15.1. The quantitative estimate of drug-likeness (QED) is 0.743. The minimum absolute atomic E-state index is 0.244. The normalized spacial score (nSPS) is 12.9. The van der Waals surface area contributed by atoms with Crippen molar-refractivity contribution in [2.75, 3.05) is 11.1 Å². The smallest absolute Gasteiger partial charge is 0.323 e. The average molecular weight is 339 g/mol. The highest BCUT2D eigenvalue weighted by atomic mass is 19.1. The van der Waals surface area contributed by atoms with Crippen LogP contribution in [0.4, 0.5) is 20.7 Å². The first-order valence-corrected chi connectivity index (χ1v) is 7.56. The number of nitrogens with one attached hydrogen (secondary N) is 1. The molecule has 2 amide bonds. The van der Waals surface area contributed by atoms with E-state index in [-0.39, 0.29) is 18.4 Å². The zero-order chi connectivity index (χ0) is 17.4. The number of carbonyl (C=O) groups excluding carboxylic acids is 1. The van der Waals surface area contributed by atoms with Crippen LogP contribution in [0.2, 0.25) is 0 Å². The van der Waals surface area contributed by atoms with E-state index in [0.29, 0.717) is 29.3 Å². The second-order valence-corrected chi connectivity index (χ2v) is 5.60. The molecule has 0 unspecified atom stereocenters. The van der Waals surface area contributed by atoms with E-state index >= 15 is 0 Å². The fourth-order valence-electron chi connectivity index (χ4n) is 2.65. The topological polar surface area (TPSA) is 102 Å². The van der Waals surface area contributed by atoms with Gasteiger partial charge in [-0.05, 0) is 29.8 Å². The SMILES string of the molecule is Nc1ccc(-n2cccn2)nc1NC(=O)N1Cc2cc(F)cnc2C1. The molecular weight excluding hydrogens is 325 g/mol. The summed E-state index contributed by atoms with van der Waals surface area (Å²) in [5.74, 6) is 0.356. The highest BCUT2D eigenvalue weighted by Gasteiger charge is 2.25. The van der Waals surface area contributed by atoms with Gasteiger partial charge in [-0.25, -0.2) is 18.9 Å². The van der Waals surface area contributed by atoms with Gasteiger partial charge in [-0.2, -0.15) is 5.10 Å². The molecule has 0 saturated heterocycles. The Balaban J connectivity index is 1.53. The Morgan fingerprint density at radius 3 is 3.00 bits per heavy atom. The van der Waals surface area contributed by atoms with Crippen LogP contribution < -0.4 is 11.1 Å². The van der Waals surface area contributed by atoms with E-state index in [0.717, 1.165) is 6.20 Å². The van der Waals surface area contributed by atoms with Crippen molar-refractivity contribution in [3.05, 3.63) is 59.9 Å². The molecule has 0 atom stereocenters. The summed E-state index contributed by atoms with van der Waals surface area (Å²) in [6, 6.07) is 6.13. The fourth-order valence-corrected chi connectivity index (χ4v) is 2.65. The van der Waals surface area contributed by atoms with Crippen LogP contribution in [0.3, 0.4) is 0 Å². The molecule has 126 valence electrons. The van der Waals surface area contributed by atoms with Crippen molar-refractivity contribution in [3.8, 4) is 5.82 Å². The molecule has 8 nitrogen and oxygen atoms in total. The fraction of sp³-hybridized carbons (Fsp3) is 0.125. The third-order valence-corrected chi connectivity index (χ3v) is 3.89. The zero-order valence-corrected chi connectivity index (χ0v) is 13.1. The Morgan fingerprint density at radius 2 is 2.20 bits per heavy atom. The van der Waals surface area contributed by atoms with Gasteiger partial charge in [-0.1, -0.05) is 0 Å². The lowest BCUT2D eigenvalue weighted by molar-refractivity contribution is 0.212. The van der Waals surface area contributed by atoms with Gasteiger partial charge in [0.2, 0.25) is 0 Å². The summed E-state index contributed by atoms with van der Waals surface area (Å²) in [6.07, 6.45) is 4.51. The van der Waals surface area contributed by atoms with Crippen LogP contribution in [0.25, 0.3) is 5.82 Å². The van der Waals surface area contributed by atoms with Crippen molar-refractivity contribution < 1.29 is 9.18 Å². The predicted molar refractivity (Wildman–Crippen MR) is 88.2 cm³/mol. The maximum atomic E-state index is 13.3. The number of halogens is 1. The molecule has 25 heavy (non-hydrogen) atoms. The van der Waals surface area contributed by atoms with Gasteiger partial charge in [-0.15, -0.1) is 0 Å². The number of hydrogen-bond acceptors (Lipinski definition) is 5. The van der Waals surface area contributed by atoms with Crippen LogP contribution in [0.5, 0.6) is 0 Å². The molecule has 1 aliphatic heterocycles. The minimum Gasteiger partial charge on any atom is -0.396 e. The van der Waals surface area contributed by atoms with Gasteiger partial charge in [0, 0.05) is 18.9 Å². The van der Waals surface area contributed by atoms with Crippen LogP contribution >= 0.6 is 0 Å². The highest BCUT2D eigenvalue weighted by Crippen LogP contribution is 2.23. The molecule has 0 radical (unpaired) electrons. The second-order valence-electron chi connectivity index (χ2n) is 5.60. The number of hydrogen-bond donors (Lipinski definition) is 2. The van der Waals surface area contributed by atoms with Crippen LogP contribution in [-0.2, 0) is 13.1 Å². The van der Waals surface area contributed by atoms with Crippen molar-refractivity contribution in [1.29, 1.82) is 0 Å². The van der Waals surface area contributed by atoms with Gasteiger partial charge < -0.3 is 10.6 Å². The number of nitrogens with zero attached hydrogens (tertiary/aromatic N) is 5. The van der Waals surface area contributed by atoms with E-state index in [1.54, 1.807) is 35.3 Å². The Hall–Kier alpha value is -3.49. The van der Waals surface area contributed by atoms with E-state index in [2.05, 4.69) is 20.4 Å². The monoisotopic (exact) mass is 339 g/mol. The van der Waals surface area contributed by atoms with Crippen molar-refractivity contribution in [3.63, 3.8) is 0 Å². The number of nitrogen functional groups attached to an aromatic ring is 1. The maximum Gasteiger partial charge on any atom is 0.323 e. The van der Waals surface area contributed by atoms with E-state index in [4.69, 9.17) is 5.73 Å². The van der Waals surface area contributed by atoms with Gasteiger partial charge in [0.15, 0.2) is 11.6 Å². The van der Waals surface area contributed by atoms with Crippen molar-refractivity contribution in [2.24, 2.45) is 0 Å². The summed E-state index contributed by atoms with van der Waals surface area (Å²) in [7, 11) is 0. The summed E-state index contributed by atoms with van der Waals surface area (Å²) in [5.41, 5.74) is 7.62. The first-order chi connectivity index (χ1) is 12.1. The molecule has 0 bridgehead atoms. The summed E-state index contributed by atoms with van der Waals surface area (Å²) < 4.78 is 14.8. The Morgan fingerprint density at radius 1 is 1.32 bits per heavy atom. The van der Waals surface area contributed by atoms with E-state index in [9.17, 15) is 9.18 Å². The molecule has 4 heterocycles. The predicted octanol–water partition coefficient (Wildman–Crippen LogP) is 1.93. The molecule has 3 N–H and O–H groups in total. The van der Waals surface area contributed by atoms with Gasteiger partial charge in [-0.3, -0.25) is 10.3 Å². The van der Waals surface area contributed by atoms with Gasteiger partial charge >= 0.3 is 6.03 Å². The Labute approximate surface area is 142 Å². The van der Waals surface area contributed by atoms with Crippen LogP contribution in [-0.4, -0.2) is 30.7 Å². The third-order valence-electron chi connectivity index (χ3n) is 3.89. The second kappa shape index (κ2) is 5.86. The third kappa shape index (κ3) is 2.87. The number of nitrogens with two attached hydrogens (primary N) is 1. The molecule has 3 aromatic rings. The lowest BCUT2D eigenvalue weighted by Crippen LogP contribution is -2.31. The van der Waals surface area contributed by atoms with Gasteiger partial charge in [0.25, 0.3) is 0 Å². The minimum atomic E-state index is -0.418. The lowest BCUT2D eigenvalue weighted by atomic mass is 10.2. The number of amides is 2. The first-order valence-electron chi connectivity index (χ1n) is 7.56. The van der Waals surface area contributed by atoms with Crippen LogP contribution in [0.1, 0.15) is 11.3 Å². The van der Waals surface area contributed by atoms with Crippen LogP contribution in [0.15, 0.2) is 42.9 Å². The van der Waals surface area contributed by atoms with Crippen molar-refractivity contribution >= 4 is 17.5 Å². The van der Waals surface area contributed by atoms with E-state index in [1.165, 1.54) is 11.0 Å². The highest BCUT2D eigenvalue weighted by molar-refractivity contribution is 5.91. The average Bonchev–Trinajstić information content (AvgIpc) is 3.25. The number of fused-ring (bicyclic) bond motifs is 1. The summed E-state index contributed by atoms with van der Waals surface area (Å²) in [6.45, 7) is 0.588. The van der Waals surface area contributed by atoms with Gasteiger partial charge in [0.05, 0.1) is 24.1 Å². The number of urea groups is 1. The molecule has 4 rings (SSSR count). The molecule has 0 spiro atoms. The van der Waals surface area contributed by atoms with Crippen molar-refractivity contribution in [2.45, 2.75) is 13.1 Å². The molecule has 3 aromatic heterocycles. The number of carbonyl (C=O) groups is 1. The van der Waals surface area contributed by atoms with Gasteiger partial charge in [0.1, 0.15) is 5.82 Å². The van der Waals surface area contributed by atoms with Crippen molar-refractivity contribution in [1.82, 2.24) is 24.6 Å². The largest absolute Gasteiger partial charge is 0.396 e. The van der Waals surface area contributed by atoms with E-state index in [1.807, 2.05) is 0 Å². The van der Waals surface area contributed by atoms with E-state index < -0.39 is 5.82 Å². The summed E-state index contributed by atoms with van der Waals surface area (Å²) in [4.78, 5) is 22.4.